The van der Waals surface area contributed by atoms with E-state index in [0.717, 1.165) is 0 Å². The van der Waals surface area contributed by atoms with E-state index in [1.807, 2.05) is 0 Å². The van der Waals surface area contributed by atoms with Gasteiger partial charge in [-0.25, -0.2) is 6.57 Å². The van der Waals surface area contributed by atoms with Crippen LogP contribution in [-0.4, -0.2) is 3.92 Å². The zero-order chi connectivity index (χ0) is 15.2. The molecular weight excluding hydrogens is 336 g/mol. The van der Waals surface area contributed by atoms with Crippen LogP contribution >= 0.6 is 34.8 Å². The van der Waals surface area contributed by atoms with Gasteiger partial charge < -0.3 is 0 Å². The summed E-state index contributed by atoms with van der Waals surface area (Å²) < 4.78 is 35.8. The second kappa shape index (κ2) is 76.4. The summed E-state index contributed by atoms with van der Waals surface area (Å²) in [6.45, 7) is 28.6. The van der Waals surface area contributed by atoms with Gasteiger partial charge in [0, 0.05) is 52.2 Å². The smallest absolute Gasteiger partial charge is 0 e. The van der Waals surface area contributed by atoms with Crippen molar-refractivity contribution >= 4 is 34.8 Å². The SMILES string of the molecule is [C-]#[N+]C(Cl)(Cl)Cl.[C-]#[O+].[C-]#[O+].[C-]#[O+].[C-]#[O+].[C-]#[O+].[Cr]. The molecule has 0 spiro atoms. The molecule has 0 aliphatic rings. The van der Waals surface area contributed by atoms with Crippen LogP contribution in [0.2, 0.25) is 0 Å². The van der Waals surface area contributed by atoms with Gasteiger partial charge in [-0.15, -0.1) is 0 Å². The Hall–Kier alpha value is -0.408. The van der Waals surface area contributed by atoms with Gasteiger partial charge in [-0.3, -0.25) is 4.85 Å². The van der Waals surface area contributed by atoms with Gasteiger partial charge in [0.15, 0.2) is 0 Å². The Bertz CT molecular complexity index is 213. The molecule has 0 rings (SSSR count). The molecular formula is C7Cl3CrNO5. The van der Waals surface area contributed by atoms with Gasteiger partial charge in [0.1, 0.15) is 0 Å². The standard InChI is InChI=1S/C2Cl3N.5CO.Cr/c1-6-2(3,4)5;5*1-2;. The zero-order valence-electron chi connectivity index (χ0n) is 7.53. The number of hydrogen-bond donors (Lipinski definition) is 0. The van der Waals surface area contributed by atoms with E-state index in [0.29, 0.717) is 0 Å². The molecule has 0 saturated carbocycles. The van der Waals surface area contributed by atoms with E-state index < -0.39 is 3.92 Å². The van der Waals surface area contributed by atoms with Gasteiger partial charge in [-0.1, -0.05) is 0 Å². The zero-order valence-corrected chi connectivity index (χ0v) is 11.1. The molecule has 90 valence electrons. The molecule has 0 aliphatic heterocycles. The molecule has 0 aromatic carbocycles. The summed E-state index contributed by atoms with van der Waals surface area (Å²) >= 11 is 14.7. The van der Waals surface area contributed by atoms with Crippen LogP contribution in [0.5, 0.6) is 0 Å². The van der Waals surface area contributed by atoms with Crippen molar-refractivity contribution in [2.75, 3.05) is 0 Å². The van der Waals surface area contributed by atoms with Gasteiger partial charge in [0.2, 0.25) is 0 Å². The largest absolute Gasteiger partial charge is 0 e. The van der Waals surface area contributed by atoms with Crippen LogP contribution < -0.4 is 0 Å². The molecule has 17 heavy (non-hydrogen) atoms. The predicted molar refractivity (Wildman–Crippen MR) is 46.5 cm³/mol. The third-order valence-corrected chi connectivity index (χ3v) is 0.380. The van der Waals surface area contributed by atoms with Crippen LogP contribution in [0.15, 0.2) is 0 Å². The fourth-order valence-electron chi connectivity index (χ4n) is 0. The molecule has 0 aromatic rings. The first kappa shape index (κ1) is 43.8. The van der Waals surface area contributed by atoms with Crippen LogP contribution in [0.3, 0.4) is 0 Å². The van der Waals surface area contributed by atoms with Gasteiger partial charge >= 0.3 is 60.4 Å². The van der Waals surface area contributed by atoms with Crippen molar-refractivity contribution in [3.05, 3.63) is 44.7 Å². The van der Waals surface area contributed by atoms with Gasteiger partial charge in [-0.05, 0) is 0 Å². The average molecular weight is 336 g/mol. The van der Waals surface area contributed by atoms with Crippen LogP contribution in [0.25, 0.3) is 4.85 Å². The fourth-order valence-corrected chi connectivity index (χ4v) is 0. The number of alkyl halides is 3. The molecule has 0 fully saturated rings. The second-order valence-electron chi connectivity index (χ2n) is 0.580. The maximum Gasteiger partial charge on any atom is 0 e. The van der Waals surface area contributed by atoms with Crippen LogP contribution in [0, 0.1) is 39.8 Å². The van der Waals surface area contributed by atoms with Crippen LogP contribution in [0.1, 0.15) is 0 Å². The molecule has 0 aromatic heterocycles. The summed E-state index contributed by atoms with van der Waals surface area (Å²) in [6, 6.07) is 0. The summed E-state index contributed by atoms with van der Waals surface area (Å²) in [5.41, 5.74) is 0. The first-order chi connectivity index (χ1) is 7.56. The third-order valence-electron chi connectivity index (χ3n) is 0.127. The Morgan fingerprint density at radius 2 is 0.706 bits per heavy atom. The maximum atomic E-state index is 7.50. The molecule has 0 aliphatic carbocycles. The minimum absolute atomic E-state index is 0. The van der Waals surface area contributed by atoms with Crippen molar-refractivity contribution in [2.24, 2.45) is 0 Å². The van der Waals surface area contributed by atoms with Crippen molar-refractivity contribution in [1.82, 2.24) is 0 Å². The molecule has 0 bridgehead atoms. The molecule has 10 heteroatoms. The van der Waals surface area contributed by atoms with E-state index in [-0.39, 0.29) is 17.4 Å². The van der Waals surface area contributed by atoms with Gasteiger partial charge in [-0.2, -0.15) is 0 Å². The second-order valence-corrected chi connectivity index (χ2v) is 2.80. The van der Waals surface area contributed by atoms with E-state index in [4.69, 9.17) is 64.6 Å². The monoisotopic (exact) mass is 335 g/mol. The Kier molecular flexibility index (Phi) is 197. The Morgan fingerprint density at radius 1 is 0.647 bits per heavy atom. The molecule has 0 N–H and O–H groups in total. The van der Waals surface area contributed by atoms with E-state index in [1.165, 1.54) is 0 Å². The van der Waals surface area contributed by atoms with Crippen LogP contribution in [0.4, 0.5) is 0 Å². The van der Waals surface area contributed by atoms with Crippen molar-refractivity contribution < 1.29 is 40.6 Å². The number of nitrogens with zero attached hydrogens (tertiary/aromatic N) is 1. The van der Waals surface area contributed by atoms with Crippen molar-refractivity contribution in [2.45, 2.75) is 3.92 Å². The minimum Gasteiger partial charge on any atom is 0 e. The molecule has 0 amide bonds. The first-order valence-electron chi connectivity index (χ1n) is 2.03. The maximum absolute atomic E-state index is 7.50. The van der Waals surface area contributed by atoms with Crippen molar-refractivity contribution in [3.8, 4) is 0 Å². The molecule has 6 nitrogen and oxygen atoms in total. The summed E-state index contributed by atoms with van der Waals surface area (Å²) in [7, 11) is 0. The Balaban J connectivity index is -0.0000000158. The summed E-state index contributed by atoms with van der Waals surface area (Å²) in [6.07, 6.45) is 0. The first-order valence-corrected chi connectivity index (χ1v) is 3.17. The number of rotatable bonds is 0. The Labute approximate surface area is 124 Å². The number of hydrogen-bond acceptors (Lipinski definition) is 0. The predicted octanol–water partition coefficient (Wildman–Crippen LogP) is 2.04. The van der Waals surface area contributed by atoms with Crippen molar-refractivity contribution in [1.29, 1.82) is 0 Å². The normalized spacial score (nSPS) is 4.24. The molecule has 0 unspecified atom stereocenters. The third kappa shape index (κ3) is 429. The van der Waals surface area contributed by atoms with E-state index >= 15 is 0 Å². The molecule has 0 saturated heterocycles. The van der Waals surface area contributed by atoms with Crippen LogP contribution in [-0.2, 0) is 40.6 Å². The number of halogens is 3. The average Bonchev–Trinajstić information content (AvgIpc) is 2.40. The van der Waals surface area contributed by atoms with E-state index in [9.17, 15) is 0 Å². The topological polar surface area (TPSA) is 104 Å². The van der Waals surface area contributed by atoms with Crippen molar-refractivity contribution in [3.63, 3.8) is 0 Å². The summed E-state index contributed by atoms with van der Waals surface area (Å²) in [4.78, 5) is 2.57. The van der Waals surface area contributed by atoms with E-state index in [2.05, 4.69) is 38.1 Å². The quantitative estimate of drug-likeness (QED) is 0.279. The minimum atomic E-state index is -1.75. The summed E-state index contributed by atoms with van der Waals surface area (Å²) in [5, 5.41) is 0. The van der Waals surface area contributed by atoms with E-state index in [1.54, 1.807) is 0 Å². The molecule has 0 radical (unpaired) electrons. The summed E-state index contributed by atoms with van der Waals surface area (Å²) in [5.74, 6) is 0. The Morgan fingerprint density at radius 3 is 0.706 bits per heavy atom. The molecule has 0 heterocycles. The molecule has 0 atom stereocenters. The van der Waals surface area contributed by atoms with Gasteiger partial charge in [0.25, 0.3) is 0 Å². The van der Waals surface area contributed by atoms with Gasteiger partial charge in [0.05, 0.1) is 0 Å². The fraction of sp³-hybridized carbons (Fsp3) is 0.143.